The summed E-state index contributed by atoms with van der Waals surface area (Å²) in [6.45, 7) is 2.10. The van der Waals surface area contributed by atoms with Gasteiger partial charge >= 0.3 is 0 Å². The van der Waals surface area contributed by atoms with Crippen molar-refractivity contribution in [2.24, 2.45) is 0 Å². The average molecular weight is 618 g/mol. The van der Waals surface area contributed by atoms with E-state index in [1.807, 2.05) is 67.6 Å². The topological polar surface area (TPSA) is 86.8 Å². The summed E-state index contributed by atoms with van der Waals surface area (Å²) < 4.78 is 29.0. The van der Waals surface area contributed by atoms with Gasteiger partial charge in [0.1, 0.15) is 12.6 Å². The van der Waals surface area contributed by atoms with Crippen LogP contribution < -0.4 is 9.62 Å². The lowest BCUT2D eigenvalue weighted by Crippen LogP contribution is -2.53. The van der Waals surface area contributed by atoms with E-state index in [1.165, 1.54) is 23.1 Å². The molecule has 0 radical (unpaired) electrons. The maximum Gasteiger partial charge on any atom is 0.264 e. The third kappa shape index (κ3) is 8.69. The van der Waals surface area contributed by atoms with Gasteiger partial charge in [-0.25, -0.2) is 8.42 Å². The molecule has 1 N–H and O–H groups in total. The van der Waals surface area contributed by atoms with E-state index >= 15 is 0 Å². The summed E-state index contributed by atoms with van der Waals surface area (Å²) in [5, 5.41) is 3.32. The number of nitrogens with zero attached hydrogens (tertiary/aromatic N) is 2. The Bertz CT molecular complexity index is 1590. The van der Waals surface area contributed by atoms with E-state index < -0.39 is 28.5 Å². The van der Waals surface area contributed by atoms with E-state index in [0.29, 0.717) is 11.6 Å². The fourth-order valence-electron chi connectivity index (χ4n) is 4.72. The van der Waals surface area contributed by atoms with Crippen LogP contribution in [-0.2, 0) is 32.6 Å². The van der Waals surface area contributed by atoms with Crippen LogP contribution in [0.15, 0.2) is 120 Å². The second kappa shape index (κ2) is 15.4. The fraction of sp³-hybridized carbons (Fsp3) is 0.235. The molecule has 0 saturated carbocycles. The number of hydrogen-bond acceptors (Lipinski definition) is 4. The van der Waals surface area contributed by atoms with Crippen LogP contribution in [0.1, 0.15) is 30.9 Å². The van der Waals surface area contributed by atoms with Crippen LogP contribution in [0, 0.1) is 0 Å². The number of benzene rings is 4. The first kappa shape index (κ1) is 31.8. The van der Waals surface area contributed by atoms with Gasteiger partial charge in [-0.05, 0) is 47.9 Å². The van der Waals surface area contributed by atoms with E-state index in [2.05, 4.69) is 5.32 Å². The molecule has 2 amide bonds. The van der Waals surface area contributed by atoms with E-state index in [0.717, 1.165) is 28.3 Å². The highest BCUT2D eigenvalue weighted by Crippen LogP contribution is 2.27. The number of carbonyl (C=O) groups is 2. The molecule has 43 heavy (non-hydrogen) atoms. The van der Waals surface area contributed by atoms with Crippen molar-refractivity contribution in [1.82, 2.24) is 10.2 Å². The molecule has 4 aromatic carbocycles. The maximum atomic E-state index is 14.4. The van der Waals surface area contributed by atoms with Crippen molar-refractivity contribution in [2.75, 3.05) is 17.4 Å². The molecule has 0 unspecified atom stereocenters. The van der Waals surface area contributed by atoms with Gasteiger partial charge in [-0.2, -0.15) is 0 Å². The Balaban J connectivity index is 1.77. The normalized spacial score (nSPS) is 11.9. The van der Waals surface area contributed by atoms with Gasteiger partial charge in [0.2, 0.25) is 11.8 Å². The van der Waals surface area contributed by atoms with Gasteiger partial charge < -0.3 is 10.2 Å². The number of hydrogen-bond donors (Lipinski definition) is 1. The van der Waals surface area contributed by atoms with Crippen LogP contribution in [0.25, 0.3) is 0 Å². The number of anilines is 1. The first-order valence-corrected chi connectivity index (χ1v) is 16.1. The van der Waals surface area contributed by atoms with Crippen LogP contribution in [0.2, 0.25) is 5.02 Å². The van der Waals surface area contributed by atoms with Gasteiger partial charge in [0.05, 0.1) is 10.6 Å². The molecule has 0 aliphatic carbocycles. The Morgan fingerprint density at radius 3 is 2.02 bits per heavy atom. The maximum absolute atomic E-state index is 14.4. The Labute approximate surface area is 259 Å². The monoisotopic (exact) mass is 617 g/mol. The molecular formula is C34H36ClN3O4S. The van der Waals surface area contributed by atoms with Crippen LogP contribution >= 0.6 is 11.6 Å². The van der Waals surface area contributed by atoms with Crippen molar-refractivity contribution in [3.63, 3.8) is 0 Å². The van der Waals surface area contributed by atoms with Gasteiger partial charge in [-0.1, -0.05) is 110 Å². The van der Waals surface area contributed by atoms with Gasteiger partial charge in [0.25, 0.3) is 10.0 Å². The van der Waals surface area contributed by atoms with Crippen molar-refractivity contribution in [3.05, 3.63) is 131 Å². The number of rotatable bonds is 14. The second-order valence-electron chi connectivity index (χ2n) is 10.2. The van der Waals surface area contributed by atoms with Crippen molar-refractivity contribution < 1.29 is 18.0 Å². The molecule has 9 heteroatoms. The SMILES string of the molecule is CCCCNC(=O)[C@H](Cc1ccccc1)N(Cc1ccccc1)C(=O)CN(c1cccc(Cl)c1)S(=O)(=O)c1ccccc1. The number of carbonyl (C=O) groups excluding carboxylic acids is 2. The Kier molecular flexibility index (Phi) is 11.4. The number of sulfonamides is 1. The van der Waals surface area contributed by atoms with Gasteiger partial charge in [-0.15, -0.1) is 0 Å². The van der Waals surface area contributed by atoms with Crippen LogP contribution in [0.5, 0.6) is 0 Å². The molecule has 0 aromatic heterocycles. The predicted molar refractivity (Wildman–Crippen MR) is 171 cm³/mol. The molecule has 0 spiro atoms. The molecule has 0 saturated heterocycles. The molecule has 224 valence electrons. The molecule has 0 heterocycles. The standard InChI is InChI=1S/C34H36ClN3O4S/c1-2-3-22-36-34(40)32(23-27-14-7-4-8-15-27)37(25-28-16-9-5-10-17-28)33(39)26-38(30-19-13-18-29(35)24-30)43(41,42)31-20-11-6-12-21-31/h4-21,24,32H,2-3,22-23,25-26H2,1H3,(H,36,40)/t32-/m0/s1. The molecule has 1 atom stereocenters. The zero-order valence-corrected chi connectivity index (χ0v) is 25.7. The minimum Gasteiger partial charge on any atom is -0.354 e. The van der Waals surface area contributed by atoms with Gasteiger partial charge in [-0.3, -0.25) is 13.9 Å². The fourth-order valence-corrected chi connectivity index (χ4v) is 6.33. The molecule has 7 nitrogen and oxygen atoms in total. The first-order valence-electron chi connectivity index (χ1n) is 14.3. The summed E-state index contributed by atoms with van der Waals surface area (Å²) in [5.41, 5.74) is 1.94. The van der Waals surface area contributed by atoms with E-state index in [9.17, 15) is 18.0 Å². The highest BCUT2D eigenvalue weighted by molar-refractivity contribution is 7.92. The summed E-state index contributed by atoms with van der Waals surface area (Å²) in [6, 6.07) is 32.3. The zero-order valence-electron chi connectivity index (χ0n) is 24.1. The third-order valence-electron chi connectivity index (χ3n) is 7.00. The largest absolute Gasteiger partial charge is 0.354 e. The molecule has 0 fully saturated rings. The highest BCUT2D eigenvalue weighted by atomic mass is 35.5. The molecule has 0 bridgehead atoms. The minimum atomic E-state index is -4.17. The highest BCUT2D eigenvalue weighted by Gasteiger charge is 2.34. The van der Waals surface area contributed by atoms with Crippen molar-refractivity contribution >= 4 is 39.1 Å². The lowest BCUT2D eigenvalue weighted by molar-refractivity contribution is -0.140. The van der Waals surface area contributed by atoms with Crippen LogP contribution in [-0.4, -0.2) is 44.3 Å². The second-order valence-corrected chi connectivity index (χ2v) is 12.5. The Hall–Kier alpha value is -4.14. The number of halogens is 1. The molecule has 4 aromatic rings. The smallest absolute Gasteiger partial charge is 0.264 e. The van der Waals surface area contributed by atoms with Crippen LogP contribution in [0.4, 0.5) is 5.69 Å². The lowest BCUT2D eigenvalue weighted by atomic mass is 10.0. The van der Waals surface area contributed by atoms with E-state index in [1.54, 1.807) is 36.4 Å². The summed E-state index contributed by atoms with van der Waals surface area (Å²) in [5.74, 6) is -0.809. The van der Waals surface area contributed by atoms with Crippen molar-refractivity contribution in [2.45, 2.75) is 43.7 Å². The number of nitrogens with one attached hydrogen (secondary N) is 1. The number of unbranched alkanes of at least 4 members (excludes halogenated alkanes) is 1. The summed E-state index contributed by atoms with van der Waals surface area (Å²) >= 11 is 6.26. The lowest BCUT2D eigenvalue weighted by Gasteiger charge is -2.34. The molecule has 0 aliphatic rings. The quantitative estimate of drug-likeness (QED) is 0.174. The van der Waals surface area contributed by atoms with E-state index in [4.69, 9.17) is 11.6 Å². The summed E-state index contributed by atoms with van der Waals surface area (Å²) in [4.78, 5) is 29.6. The van der Waals surface area contributed by atoms with Crippen molar-refractivity contribution in [3.8, 4) is 0 Å². The number of amides is 2. The summed E-state index contributed by atoms with van der Waals surface area (Å²) in [7, 11) is -4.17. The molecule has 0 aliphatic heterocycles. The zero-order chi connectivity index (χ0) is 30.7. The third-order valence-corrected chi connectivity index (χ3v) is 9.03. The molecule has 4 rings (SSSR count). The average Bonchev–Trinajstić information content (AvgIpc) is 3.03. The summed E-state index contributed by atoms with van der Waals surface area (Å²) in [6.07, 6.45) is 1.97. The Morgan fingerprint density at radius 2 is 1.42 bits per heavy atom. The minimum absolute atomic E-state index is 0.0375. The van der Waals surface area contributed by atoms with Gasteiger partial charge in [0, 0.05) is 24.5 Å². The first-order chi connectivity index (χ1) is 20.8. The van der Waals surface area contributed by atoms with Gasteiger partial charge in [0.15, 0.2) is 0 Å². The van der Waals surface area contributed by atoms with Crippen molar-refractivity contribution in [1.29, 1.82) is 0 Å². The predicted octanol–water partition coefficient (Wildman–Crippen LogP) is 6.09. The van der Waals surface area contributed by atoms with Crippen LogP contribution in [0.3, 0.4) is 0 Å². The Morgan fingerprint density at radius 1 is 0.814 bits per heavy atom. The van der Waals surface area contributed by atoms with E-state index in [-0.39, 0.29) is 29.5 Å². The molecular weight excluding hydrogens is 582 g/mol.